The minimum atomic E-state index is 0.0842. The number of halogens is 1. The number of hydrogen-bond donors (Lipinski definition) is 2. The van der Waals surface area contributed by atoms with Crippen molar-refractivity contribution in [3.63, 3.8) is 0 Å². The summed E-state index contributed by atoms with van der Waals surface area (Å²) in [4.78, 5) is 0. The Morgan fingerprint density at radius 1 is 1.56 bits per heavy atom. The first-order chi connectivity index (χ1) is 8.58. The SMILES string of the molecule is CCOc1cc(C=NNC(N)=S)c(Cl)cc1OC. The molecule has 0 aromatic heterocycles. The number of hydrazone groups is 1. The fourth-order valence-corrected chi connectivity index (χ4v) is 1.50. The van der Waals surface area contributed by atoms with Crippen molar-refractivity contribution in [3.05, 3.63) is 22.7 Å². The predicted octanol–water partition coefficient (Wildman–Crippen LogP) is 1.91. The second-order valence-corrected chi connectivity index (χ2v) is 4.04. The highest BCUT2D eigenvalue weighted by Gasteiger charge is 2.08. The topological polar surface area (TPSA) is 68.9 Å². The quantitative estimate of drug-likeness (QED) is 0.492. The Kier molecular flexibility index (Phi) is 5.67. The Labute approximate surface area is 116 Å². The Morgan fingerprint density at radius 2 is 2.28 bits per heavy atom. The first-order valence-corrected chi connectivity index (χ1v) is 5.96. The first-order valence-electron chi connectivity index (χ1n) is 5.17. The molecule has 5 nitrogen and oxygen atoms in total. The molecular formula is C11H14ClN3O2S. The molecular weight excluding hydrogens is 274 g/mol. The van der Waals surface area contributed by atoms with Crippen LogP contribution in [0.3, 0.4) is 0 Å². The second kappa shape index (κ2) is 7.03. The van der Waals surface area contributed by atoms with E-state index in [1.165, 1.54) is 6.21 Å². The van der Waals surface area contributed by atoms with Gasteiger partial charge >= 0.3 is 0 Å². The lowest BCUT2D eigenvalue weighted by atomic mass is 10.2. The fraction of sp³-hybridized carbons (Fsp3) is 0.273. The molecule has 3 N–H and O–H groups in total. The summed E-state index contributed by atoms with van der Waals surface area (Å²) in [7, 11) is 1.55. The summed E-state index contributed by atoms with van der Waals surface area (Å²) in [5.74, 6) is 1.17. The van der Waals surface area contributed by atoms with Crippen molar-refractivity contribution in [1.82, 2.24) is 5.43 Å². The van der Waals surface area contributed by atoms with Crippen LogP contribution < -0.4 is 20.6 Å². The van der Waals surface area contributed by atoms with E-state index in [1.807, 2.05) is 6.92 Å². The number of nitrogens with one attached hydrogen (secondary N) is 1. The van der Waals surface area contributed by atoms with Gasteiger partial charge in [0.25, 0.3) is 0 Å². The lowest BCUT2D eigenvalue weighted by molar-refractivity contribution is 0.311. The normalized spacial score (nSPS) is 10.4. The molecule has 18 heavy (non-hydrogen) atoms. The van der Waals surface area contributed by atoms with Gasteiger partial charge in [0.2, 0.25) is 0 Å². The van der Waals surface area contributed by atoms with E-state index < -0.39 is 0 Å². The summed E-state index contributed by atoms with van der Waals surface area (Å²) in [6, 6.07) is 3.39. The first kappa shape index (κ1) is 14.5. The van der Waals surface area contributed by atoms with Crippen LogP contribution in [-0.4, -0.2) is 25.0 Å². The average Bonchev–Trinajstić information content (AvgIpc) is 2.32. The van der Waals surface area contributed by atoms with E-state index in [1.54, 1.807) is 19.2 Å². The van der Waals surface area contributed by atoms with Crippen LogP contribution in [0.15, 0.2) is 17.2 Å². The molecule has 0 fully saturated rings. The molecule has 0 aliphatic heterocycles. The van der Waals surface area contributed by atoms with Crippen molar-refractivity contribution in [1.29, 1.82) is 0 Å². The van der Waals surface area contributed by atoms with Gasteiger partial charge < -0.3 is 15.2 Å². The van der Waals surface area contributed by atoms with Crippen molar-refractivity contribution in [2.75, 3.05) is 13.7 Å². The van der Waals surface area contributed by atoms with Gasteiger partial charge in [-0.25, -0.2) is 0 Å². The highest BCUT2D eigenvalue weighted by Crippen LogP contribution is 2.32. The lowest BCUT2D eigenvalue weighted by Crippen LogP contribution is -2.24. The van der Waals surface area contributed by atoms with E-state index in [9.17, 15) is 0 Å². The Balaban J connectivity index is 3.01. The molecule has 0 heterocycles. The van der Waals surface area contributed by atoms with Crippen molar-refractivity contribution in [2.45, 2.75) is 6.92 Å². The summed E-state index contributed by atoms with van der Waals surface area (Å²) < 4.78 is 10.6. The van der Waals surface area contributed by atoms with E-state index in [2.05, 4.69) is 22.7 Å². The molecule has 0 saturated carbocycles. The minimum Gasteiger partial charge on any atom is -0.493 e. The highest BCUT2D eigenvalue weighted by molar-refractivity contribution is 7.80. The van der Waals surface area contributed by atoms with Crippen molar-refractivity contribution in [2.24, 2.45) is 10.8 Å². The summed E-state index contributed by atoms with van der Waals surface area (Å²) >= 11 is 10.7. The third kappa shape index (κ3) is 4.05. The molecule has 0 bridgehead atoms. The molecule has 0 aliphatic rings. The molecule has 0 saturated heterocycles. The number of benzene rings is 1. The maximum atomic E-state index is 6.08. The van der Waals surface area contributed by atoms with Crippen LogP contribution in [-0.2, 0) is 0 Å². The largest absolute Gasteiger partial charge is 0.493 e. The van der Waals surface area contributed by atoms with Gasteiger partial charge in [0.15, 0.2) is 16.6 Å². The molecule has 0 atom stereocenters. The Bertz CT molecular complexity index is 466. The fourth-order valence-electron chi connectivity index (χ4n) is 1.24. The van der Waals surface area contributed by atoms with Crippen LogP contribution in [0.1, 0.15) is 12.5 Å². The molecule has 1 rings (SSSR count). The van der Waals surface area contributed by atoms with E-state index in [-0.39, 0.29) is 5.11 Å². The summed E-state index contributed by atoms with van der Waals surface area (Å²) in [5.41, 5.74) is 8.37. The smallest absolute Gasteiger partial charge is 0.184 e. The van der Waals surface area contributed by atoms with Gasteiger partial charge in [-0.3, -0.25) is 5.43 Å². The maximum Gasteiger partial charge on any atom is 0.184 e. The molecule has 0 aliphatic carbocycles. The van der Waals surface area contributed by atoms with Crippen molar-refractivity contribution < 1.29 is 9.47 Å². The monoisotopic (exact) mass is 287 g/mol. The standard InChI is InChI=1S/C11H14ClN3O2S/c1-3-17-10-4-7(6-14-15-11(13)18)8(12)5-9(10)16-2/h4-6H,3H2,1-2H3,(H3,13,15,18). The molecule has 1 aromatic rings. The summed E-state index contributed by atoms with van der Waals surface area (Å²) in [6.07, 6.45) is 1.50. The van der Waals surface area contributed by atoms with Gasteiger partial charge in [0, 0.05) is 11.6 Å². The zero-order valence-electron chi connectivity index (χ0n) is 10.1. The number of methoxy groups -OCH3 is 1. The number of nitrogens with zero attached hydrogens (tertiary/aromatic N) is 1. The van der Waals surface area contributed by atoms with Gasteiger partial charge in [-0.2, -0.15) is 5.10 Å². The third-order valence-corrected chi connectivity index (χ3v) is 2.38. The molecule has 98 valence electrons. The van der Waals surface area contributed by atoms with Gasteiger partial charge in [0.1, 0.15) is 0 Å². The number of ether oxygens (including phenoxy) is 2. The van der Waals surface area contributed by atoms with E-state index in [0.717, 1.165) is 0 Å². The number of rotatable bonds is 5. The van der Waals surface area contributed by atoms with Crippen LogP contribution in [0.2, 0.25) is 5.02 Å². The summed E-state index contributed by atoms with van der Waals surface area (Å²) in [6.45, 7) is 2.41. The van der Waals surface area contributed by atoms with E-state index in [4.69, 9.17) is 26.8 Å². The summed E-state index contributed by atoms with van der Waals surface area (Å²) in [5, 5.41) is 4.41. The van der Waals surface area contributed by atoms with Crippen molar-refractivity contribution >= 4 is 35.1 Å². The third-order valence-electron chi connectivity index (χ3n) is 1.96. The molecule has 0 amide bonds. The van der Waals surface area contributed by atoms with Crippen molar-refractivity contribution in [3.8, 4) is 11.5 Å². The Morgan fingerprint density at radius 3 is 2.83 bits per heavy atom. The van der Waals surface area contributed by atoms with Crippen LogP contribution in [0.4, 0.5) is 0 Å². The van der Waals surface area contributed by atoms with Gasteiger partial charge in [0.05, 0.1) is 25.0 Å². The molecule has 7 heteroatoms. The average molecular weight is 288 g/mol. The van der Waals surface area contributed by atoms with Crippen LogP contribution in [0.25, 0.3) is 0 Å². The van der Waals surface area contributed by atoms with Crippen LogP contribution in [0.5, 0.6) is 11.5 Å². The van der Waals surface area contributed by atoms with Crippen LogP contribution >= 0.6 is 23.8 Å². The minimum absolute atomic E-state index is 0.0842. The second-order valence-electron chi connectivity index (χ2n) is 3.19. The zero-order valence-corrected chi connectivity index (χ0v) is 11.6. The Hall–Kier alpha value is -1.53. The van der Waals surface area contributed by atoms with E-state index >= 15 is 0 Å². The van der Waals surface area contributed by atoms with E-state index in [0.29, 0.717) is 28.7 Å². The van der Waals surface area contributed by atoms with Crippen LogP contribution in [0, 0.1) is 0 Å². The molecule has 0 radical (unpaired) electrons. The number of nitrogens with two attached hydrogens (primary N) is 1. The van der Waals surface area contributed by atoms with Gasteiger partial charge in [-0.15, -0.1) is 0 Å². The number of hydrogen-bond acceptors (Lipinski definition) is 4. The molecule has 0 spiro atoms. The van der Waals surface area contributed by atoms with Gasteiger partial charge in [-0.1, -0.05) is 11.6 Å². The molecule has 0 unspecified atom stereocenters. The van der Waals surface area contributed by atoms with Gasteiger partial charge in [-0.05, 0) is 25.2 Å². The zero-order chi connectivity index (χ0) is 13.5. The predicted molar refractivity (Wildman–Crippen MR) is 76.7 cm³/mol. The molecule has 1 aromatic carbocycles. The lowest BCUT2D eigenvalue weighted by Gasteiger charge is -2.11. The number of thiocarbonyl (C=S) groups is 1. The maximum absolute atomic E-state index is 6.08. The highest BCUT2D eigenvalue weighted by atomic mass is 35.5.